The van der Waals surface area contributed by atoms with Gasteiger partial charge in [0.1, 0.15) is 0 Å². The molecule has 3 heterocycles. The van der Waals surface area contributed by atoms with Crippen LogP contribution < -0.4 is 0 Å². The molecule has 4 rings (SSSR count). The fourth-order valence-corrected chi connectivity index (χ4v) is 3.25. The van der Waals surface area contributed by atoms with E-state index in [-0.39, 0.29) is 5.91 Å². The average molecular weight is 376 g/mol. The third kappa shape index (κ3) is 3.82. The Labute approximate surface area is 164 Å². The molecule has 1 amide bonds. The Bertz CT molecular complexity index is 939. The van der Waals surface area contributed by atoms with E-state index >= 15 is 0 Å². The Morgan fingerprint density at radius 3 is 2.43 bits per heavy atom. The SMILES string of the molecule is CC(C)c1ccc(-n2cc(-c3ccc(C(=O)N4CCOCC4)cn3)cn2)cc1. The molecular weight excluding hydrogens is 352 g/mol. The minimum atomic E-state index is 0.00304. The zero-order valence-corrected chi connectivity index (χ0v) is 16.2. The molecule has 6 nitrogen and oxygen atoms in total. The van der Waals surface area contributed by atoms with Crippen LogP contribution in [0.2, 0.25) is 0 Å². The van der Waals surface area contributed by atoms with Gasteiger partial charge in [-0.2, -0.15) is 5.10 Å². The average Bonchev–Trinajstić information content (AvgIpc) is 3.24. The monoisotopic (exact) mass is 376 g/mol. The van der Waals surface area contributed by atoms with Crippen molar-refractivity contribution in [2.45, 2.75) is 19.8 Å². The lowest BCUT2D eigenvalue weighted by molar-refractivity contribution is 0.0302. The Morgan fingerprint density at radius 2 is 1.79 bits per heavy atom. The summed E-state index contributed by atoms with van der Waals surface area (Å²) in [6.45, 7) is 6.80. The van der Waals surface area contributed by atoms with Crippen molar-refractivity contribution in [1.29, 1.82) is 0 Å². The molecule has 0 saturated carbocycles. The summed E-state index contributed by atoms with van der Waals surface area (Å²) in [6, 6.07) is 12.1. The third-order valence-electron chi connectivity index (χ3n) is 5.01. The number of rotatable bonds is 4. The summed E-state index contributed by atoms with van der Waals surface area (Å²) in [5.74, 6) is 0.508. The zero-order valence-electron chi connectivity index (χ0n) is 16.2. The third-order valence-corrected chi connectivity index (χ3v) is 5.01. The molecule has 28 heavy (non-hydrogen) atoms. The van der Waals surface area contributed by atoms with Crippen molar-refractivity contribution in [2.24, 2.45) is 0 Å². The molecular formula is C22H24N4O2. The van der Waals surface area contributed by atoms with Crippen molar-refractivity contribution >= 4 is 5.91 Å². The maximum Gasteiger partial charge on any atom is 0.255 e. The fraction of sp³-hybridized carbons (Fsp3) is 0.318. The highest BCUT2D eigenvalue weighted by atomic mass is 16.5. The maximum atomic E-state index is 12.5. The van der Waals surface area contributed by atoms with Crippen molar-refractivity contribution in [3.63, 3.8) is 0 Å². The number of amides is 1. The van der Waals surface area contributed by atoms with Crippen LogP contribution in [-0.4, -0.2) is 51.9 Å². The molecule has 3 aromatic rings. The van der Waals surface area contributed by atoms with E-state index in [1.54, 1.807) is 17.3 Å². The number of pyridine rings is 1. The number of carbonyl (C=O) groups excluding carboxylic acids is 1. The molecule has 0 bridgehead atoms. The first kappa shape index (κ1) is 18.4. The summed E-state index contributed by atoms with van der Waals surface area (Å²) >= 11 is 0. The Balaban J connectivity index is 1.50. The second kappa shape index (κ2) is 7.94. The van der Waals surface area contributed by atoms with E-state index in [9.17, 15) is 4.79 Å². The first-order valence-corrected chi connectivity index (χ1v) is 9.60. The first-order chi connectivity index (χ1) is 13.6. The van der Waals surface area contributed by atoms with Gasteiger partial charge in [-0.3, -0.25) is 9.78 Å². The standard InChI is InChI=1S/C22H24N4O2/c1-16(2)17-3-6-20(7-4-17)26-15-19(14-24-26)21-8-5-18(13-23-21)22(27)25-9-11-28-12-10-25/h3-8,13-16H,9-12H2,1-2H3. The lowest BCUT2D eigenvalue weighted by Gasteiger charge is -2.26. The van der Waals surface area contributed by atoms with E-state index < -0.39 is 0 Å². The molecule has 0 radical (unpaired) electrons. The number of carbonyl (C=O) groups is 1. The van der Waals surface area contributed by atoms with Crippen LogP contribution in [-0.2, 0) is 4.74 Å². The second-order valence-corrected chi connectivity index (χ2v) is 7.26. The van der Waals surface area contributed by atoms with E-state index in [4.69, 9.17) is 4.74 Å². The Kier molecular flexibility index (Phi) is 5.21. The van der Waals surface area contributed by atoms with Crippen molar-refractivity contribution in [3.8, 4) is 16.9 Å². The molecule has 2 aromatic heterocycles. The molecule has 1 fully saturated rings. The topological polar surface area (TPSA) is 60.2 Å². The van der Waals surface area contributed by atoms with Gasteiger partial charge in [0.15, 0.2) is 0 Å². The van der Waals surface area contributed by atoms with Gasteiger partial charge < -0.3 is 9.64 Å². The van der Waals surface area contributed by atoms with Gasteiger partial charge in [0.2, 0.25) is 0 Å². The molecule has 144 valence electrons. The van der Waals surface area contributed by atoms with Crippen molar-refractivity contribution in [1.82, 2.24) is 19.7 Å². The molecule has 0 spiro atoms. The van der Waals surface area contributed by atoms with Gasteiger partial charge in [0.25, 0.3) is 5.91 Å². The van der Waals surface area contributed by atoms with E-state index in [1.807, 2.05) is 23.0 Å². The summed E-state index contributed by atoms with van der Waals surface area (Å²) in [4.78, 5) is 18.8. The van der Waals surface area contributed by atoms with Gasteiger partial charge in [0.05, 0.1) is 36.4 Å². The predicted molar refractivity (Wildman–Crippen MR) is 108 cm³/mol. The zero-order chi connectivity index (χ0) is 19.5. The van der Waals surface area contributed by atoms with Gasteiger partial charge in [-0.05, 0) is 35.7 Å². The summed E-state index contributed by atoms with van der Waals surface area (Å²) in [5.41, 5.74) is 4.62. The second-order valence-electron chi connectivity index (χ2n) is 7.26. The van der Waals surface area contributed by atoms with Crippen molar-refractivity contribution < 1.29 is 9.53 Å². The van der Waals surface area contributed by atoms with E-state index in [0.717, 1.165) is 16.9 Å². The highest BCUT2D eigenvalue weighted by Crippen LogP contribution is 2.21. The molecule has 1 aromatic carbocycles. The number of benzene rings is 1. The van der Waals surface area contributed by atoms with Crippen LogP contribution in [0.5, 0.6) is 0 Å². The summed E-state index contributed by atoms with van der Waals surface area (Å²) in [5, 5.41) is 4.46. The summed E-state index contributed by atoms with van der Waals surface area (Å²) < 4.78 is 7.14. The predicted octanol–water partition coefficient (Wildman–Crippen LogP) is 3.53. The summed E-state index contributed by atoms with van der Waals surface area (Å²) in [7, 11) is 0. The van der Waals surface area contributed by atoms with Crippen LogP contribution in [0.25, 0.3) is 16.9 Å². The number of aromatic nitrogens is 3. The quantitative estimate of drug-likeness (QED) is 0.699. The number of nitrogens with zero attached hydrogens (tertiary/aromatic N) is 4. The smallest absolute Gasteiger partial charge is 0.255 e. The Morgan fingerprint density at radius 1 is 1.04 bits per heavy atom. The first-order valence-electron chi connectivity index (χ1n) is 9.60. The van der Waals surface area contributed by atoms with Gasteiger partial charge in [0, 0.05) is 31.0 Å². The fourth-order valence-electron chi connectivity index (χ4n) is 3.25. The Hall–Kier alpha value is -2.99. The van der Waals surface area contributed by atoms with Gasteiger partial charge >= 0.3 is 0 Å². The molecule has 1 aliphatic heterocycles. The molecule has 0 aliphatic carbocycles. The molecule has 0 unspecified atom stereocenters. The highest BCUT2D eigenvalue weighted by molar-refractivity contribution is 5.94. The van der Waals surface area contributed by atoms with E-state index in [1.165, 1.54) is 5.56 Å². The van der Waals surface area contributed by atoms with E-state index in [0.29, 0.717) is 37.8 Å². The van der Waals surface area contributed by atoms with Crippen molar-refractivity contribution in [2.75, 3.05) is 26.3 Å². The minimum Gasteiger partial charge on any atom is -0.378 e. The lowest BCUT2D eigenvalue weighted by atomic mass is 10.0. The highest BCUT2D eigenvalue weighted by Gasteiger charge is 2.18. The van der Waals surface area contributed by atoms with Crippen LogP contribution in [0, 0.1) is 0 Å². The van der Waals surface area contributed by atoms with E-state index in [2.05, 4.69) is 48.2 Å². The maximum absolute atomic E-state index is 12.5. The number of hydrogen-bond acceptors (Lipinski definition) is 4. The summed E-state index contributed by atoms with van der Waals surface area (Å²) in [6.07, 6.45) is 5.39. The van der Waals surface area contributed by atoms with Gasteiger partial charge in [-0.1, -0.05) is 26.0 Å². The molecule has 1 aliphatic rings. The minimum absolute atomic E-state index is 0.00304. The van der Waals surface area contributed by atoms with Crippen LogP contribution in [0.15, 0.2) is 55.0 Å². The van der Waals surface area contributed by atoms with Crippen LogP contribution in [0.4, 0.5) is 0 Å². The molecule has 0 atom stereocenters. The number of hydrogen-bond donors (Lipinski definition) is 0. The number of morpholine rings is 1. The normalized spacial score (nSPS) is 14.5. The lowest BCUT2D eigenvalue weighted by Crippen LogP contribution is -2.40. The van der Waals surface area contributed by atoms with Crippen LogP contribution in [0.1, 0.15) is 35.7 Å². The van der Waals surface area contributed by atoms with Gasteiger partial charge in [-0.15, -0.1) is 0 Å². The largest absolute Gasteiger partial charge is 0.378 e. The molecule has 6 heteroatoms. The number of ether oxygens (including phenoxy) is 1. The van der Waals surface area contributed by atoms with Crippen LogP contribution in [0.3, 0.4) is 0 Å². The molecule has 1 saturated heterocycles. The van der Waals surface area contributed by atoms with Crippen LogP contribution >= 0.6 is 0 Å². The van der Waals surface area contributed by atoms with Crippen molar-refractivity contribution in [3.05, 3.63) is 66.1 Å². The van der Waals surface area contributed by atoms with Gasteiger partial charge in [-0.25, -0.2) is 4.68 Å². The molecule has 0 N–H and O–H groups in total.